The van der Waals surface area contributed by atoms with Crippen molar-refractivity contribution in [3.8, 4) is 11.5 Å². The minimum absolute atomic E-state index is 0.168. The lowest BCUT2D eigenvalue weighted by molar-refractivity contribution is -0.117. The second-order valence-corrected chi connectivity index (χ2v) is 6.33. The Bertz CT molecular complexity index is 751. The molecule has 128 valence electrons. The Morgan fingerprint density at radius 3 is 2.50 bits per heavy atom. The molecule has 1 unspecified atom stereocenters. The van der Waals surface area contributed by atoms with Crippen LogP contribution in [-0.4, -0.2) is 20.1 Å². The summed E-state index contributed by atoms with van der Waals surface area (Å²) in [6.07, 6.45) is 3.10. The molecule has 24 heavy (non-hydrogen) atoms. The first-order chi connectivity index (χ1) is 11.4. The van der Waals surface area contributed by atoms with E-state index in [1.54, 1.807) is 20.3 Å². The highest BCUT2D eigenvalue weighted by Gasteiger charge is 2.15. The Hall–Kier alpha value is -1.96. The van der Waals surface area contributed by atoms with Gasteiger partial charge in [0.15, 0.2) is 15.3 Å². The number of amides is 1. The van der Waals surface area contributed by atoms with Crippen LogP contribution >= 0.6 is 22.6 Å². The van der Waals surface area contributed by atoms with Gasteiger partial charge in [0.05, 0.1) is 20.3 Å². The minimum Gasteiger partial charge on any atom is -0.493 e. The second-order valence-electron chi connectivity index (χ2n) is 5.27. The number of hydrogen-bond donors (Lipinski definition) is 1. The summed E-state index contributed by atoms with van der Waals surface area (Å²) in [5.41, 5.74) is 1.99. The third kappa shape index (κ3) is 4.53. The van der Waals surface area contributed by atoms with Gasteiger partial charge in [-0.3, -0.25) is 4.79 Å². The molecule has 0 aliphatic rings. The lowest BCUT2D eigenvalue weighted by Crippen LogP contribution is -2.25. The first kappa shape index (κ1) is 18.4. The maximum Gasteiger partial charge on any atom is 0.244 e. The summed E-state index contributed by atoms with van der Waals surface area (Å²) in [6, 6.07) is 7.27. The fourth-order valence-electron chi connectivity index (χ4n) is 2.38. The molecule has 1 amide bonds. The van der Waals surface area contributed by atoms with Gasteiger partial charge in [0.2, 0.25) is 5.91 Å². The summed E-state index contributed by atoms with van der Waals surface area (Å²) in [7, 11) is 3.19. The van der Waals surface area contributed by atoms with E-state index in [9.17, 15) is 4.79 Å². The molecule has 0 radical (unpaired) electrons. The number of benzene rings is 1. The number of methoxy groups -OCH3 is 2. The molecule has 1 N–H and O–H groups in total. The van der Waals surface area contributed by atoms with Crippen LogP contribution in [0.25, 0.3) is 6.08 Å². The monoisotopic (exact) mass is 441 g/mol. The van der Waals surface area contributed by atoms with Gasteiger partial charge in [-0.1, -0.05) is 0 Å². The largest absolute Gasteiger partial charge is 0.493 e. The number of carbonyl (C=O) groups is 1. The van der Waals surface area contributed by atoms with Gasteiger partial charge < -0.3 is 19.2 Å². The second kappa shape index (κ2) is 8.23. The number of rotatable bonds is 6. The van der Waals surface area contributed by atoms with E-state index in [0.29, 0.717) is 17.3 Å². The van der Waals surface area contributed by atoms with Gasteiger partial charge in [-0.05, 0) is 77.9 Å². The van der Waals surface area contributed by atoms with Gasteiger partial charge in [0.1, 0.15) is 5.76 Å². The highest BCUT2D eigenvalue weighted by atomic mass is 127. The number of furan rings is 1. The summed E-state index contributed by atoms with van der Waals surface area (Å²) in [5, 5.41) is 2.94. The fourth-order valence-corrected chi connectivity index (χ4v) is 2.81. The molecule has 1 heterocycles. The van der Waals surface area contributed by atoms with Crippen molar-refractivity contribution in [1.29, 1.82) is 0 Å². The maximum atomic E-state index is 12.1. The molecular weight excluding hydrogens is 421 g/mol. The number of ether oxygens (including phenoxy) is 2. The molecule has 2 rings (SSSR count). The van der Waals surface area contributed by atoms with Gasteiger partial charge >= 0.3 is 0 Å². The number of carbonyl (C=O) groups excluding carboxylic acids is 1. The Balaban J connectivity index is 2.10. The molecule has 0 spiro atoms. The standard InChI is InChI=1S/C18H20INO4/c1-11-9-15(22-3)16(23-4)10-14(11)12(2)20-18(21)8-6-13-5-7-17(19)24-13/h5-10,12H,1-4H3,(H,20,21)/b8-6+. The van der Waals surface area contributed by atoms with Gasteiger partial charge in [-0.15, -0.1) is 0 Å². The molecule has 1 aromatic heterocycles. The lowest BCUT2D eigenvalue weighted by atomic mass is 10.0. The van der Waals surface area contributed by atoms with E-state index in [-0.39, 0.29) is 11.9 Å². The number of nitrogens with one attached hydrogen (secondary N) is 1. The number of aryl methyl sites for hydroxylation is 1. The molecule has 0 aliphatic carbocycles. The van der Waals surface area contributed by atoms with Crippen molar-refractivity contribution in [3.05, 3.63) is 51.0 Å². The number of hydrogen-bond acceptors (Lipinski definition) is 4. The van der Waals surface area contributed by atoms with Crippen LogP contribution in [0.15, 0.2) is 34.8 Å². The van der Waals surface area contributed by atoms with Crippen molar-refractivity contribution in [2.45, 2.75) is 19.9 Å². The van der Waals surface area contributed by atoms with E-state index in [1.165, 1.54) is 6.08 Å². The van der Waals surface area contributed by atoms with Crippen LogP contribution in [0.4, 0.5) is 0 Å². The SMILES string of the molecule is COc1cc(C)c(C(C)NC(=O)/C=C/c2ccc(I)o2)cc1OC. The smallest absolute Gasteiger partial charge is 0.244 e. The zero-order valence-corrected chi connectivity index (χ0v) is 16.2. The Morgan fingerprint density at radius 2 is 1.92 bits per heavy atom. The lowest BCUT2D eigenvalue weighted by Gasteiger charge is -2.18. The molecule has 5 nitrogen and oxygen atoms in total. The molecule has 0 aliphatic heterocycles. The average Bonchev–Trinajstić information content (AvgIpc) is 2.97. The minimum atomic E-state index is -0.192. The summed E-state index contributed by atoms with van der Waals surface area (Å²) >= 11 is 2.08. The maximum absolute atomic E-state index is 12.1. The quantitative estimate of drug-likeness (QED) is 0.542. The molecular formula is C18H20INO4. The van der Waals surface area contributed by atoms with E-state index in [1.807, 2.05) is 38.1 Å². The predicted molar refractivity (Wildman–Crippen MR) is 101 cm³/mol. The molecule has 1 atom stereocenters. The topological polar surface area (TPSA) is 60.7 Å². The summed E-state index contributed by atoms with van der Waals surface area (Å²) < 4.78 is 16.8. The van der Waals surface area contributed by atoms with E-state index in [2.05, 4.69) is 27.9 Å². The van der Waals surface area contributed by atoms with Crippen LogP contribution < -0.4 is 14.8 Å². The van der Waals surface area contributed by atoms with Gasteiger partial charge in [-0.25, -0.2) is 0 Å². The first-order valence-electron chi connectivity index (χ1n) is 7.41. The Kier molecular flexibility index (Phi) is 6.30. The van der Waals surface area contributed by atoms with Crippen molar-refractivity contribution in [2.24, 2.45) is 0 Å². The van der Waals surface area contributed by atoms with E-state index >= 15 is 0 Å². The molecule has 6 heteroatoms. The van der Waals surface area contributed by atoms with Crippen molar-refractivity contribution in [3.63, 3.8) is 0 Å². The Morgan fingerprint density at radius 1 is 1.25 bits per heavy atom. The van der Waals surface area contributed by atoms with Gasteiger partial charge in [0, 0.05) is 6.08 Å². The first-order valence-corrected chi connectivity index (χ1v) is 8.49. The van der Waals surface area contributed by atoms with Crippen LogP contribution in [0.2, 0.25) is 0 Å². The Labute approximate surface area is 155 Å². The zero-order chi connectivity index (χ0) is 17.7. The number of halogens is 1. The van der Waals surface area contributed by atoms with E-state index in [4.69, 9.17) is 13.9 Å². The highest BCUT2D eigenvalue weighted by molar-refractivity contribution is 14.1. The van der Waals surface area contributed by atoms with Crippen molar-refractivity contribution < 1.29 is 18.7 Å². The third-order valence-corrected chi connectivity index (χ3v) is 4.17. The predicted octanol–water partition coefficient (Wildman–Crippen LogP) is 4.10. The van der Waals surface area contributed by atoms with Crippen LogP contribution in [0.3, 0.4) is 0 Å². The van der Waals surface area contributed by atoms with Crippen molar-refractivity contribution >= 4 is 34.6 Å². The van der Waals surface area contributed by atoms with Crippen LogP contribution in [0.1, 0.15) is 29.9 Å². The van der Waals surface area contributed by atoms with Gasteiger partial charge in [0.25, 0.3) is 0 Å². The van der Waals surface area contributed by atoms with Gasteiger partial charge in [-0.2, -0.15) is 0 Å². The van der Waals surface area contributed by atoms with Crippen molar-refractivity contribution in [1.82, 2.24) is 5.32 Å². The average molecular weight is 441 g/mol. The zero-order valence-electron chi connectivity index (χ0n) is 14.1. The molecule has 0 saturated heterocycles. The summed E-state index contributed by atoms with van der Waals surface area (Å²) in [6.45, 7) is 3.90. The molecule has 0 saturated carbocycles. The summed E-state index contributed by atoms with van der Waals surface area (Å²) in [4.78, 5) is 12.1. The van der Waals surface area contributed by atoms with E-state index in [0.717, 1.165) is 14.9 Å². The molecule has 1 aromatic carbocycles. The van der Waals surface area contributed by atoms with E-state index < -0.39 is 0 Å². The van der Waals surface area contributed by atoms with Crippen LogP contribution in [0.5, 0.6) is 11.5 Å². The third-order valence-electron chi connectivity index (χ3n) is 3.59. The highest BCUT2D eigenvalue weighted by Crippen LogP contribution is 2.32. The van der Waals surface area contributed by atoms with Crippen LogP contribution in [-0.2, 0) is 4.79 Å². The molecule has 2 aromatic rings. The summed E-state index contributed by atoms with van der Waals surface area (Å²) in [5.74, 6) is 1.76. The molecule has 0 bridgehead atoms. The normalized spacial score (nSPS) is 12.2. The van der Waals surface area contributed by atoms with Crippen LogP contribution in [0, 0.1) is 10.7 Å². The molecule has 0 fully saturated rings. The van der Waals surface area contributed by atoms with Crippen molar-refractivity contribution in [2.75, 3.05) is 14.2 Å². The fraction of sp³-hybridized carbons (Fsp3) is 0.278.